The van der Waals surface area contributed by atoms with Gasteiger partial charge in [-0.15, -0.1) is 0 Å². The Balaban J connectivity index is 0.00000400. The molecule has 0 aliphatic carbocycles. The second-order valence-corrected chi connectivity index (χ2v) is 12.2. The van der Waals surface area contributed by atoms with Crippen LogP contribution in [-0.2, 0) is 20.2 Å². The number of rotatable bonds is 14. The van der Waals surface area contributed by atoms with Crippen molar-refractivity contribution in [3.8, 4) is 0 Å². The van der Waals surface area contributed by atoms with E-state index in [1.54, 1.807) is 0 Å². The number of aliphatic hydroxyl groups is 2. The number of aliphatic hydroxyl groups excluding tert-OH is 2. The summed E-state index contributed by atoms with van der Waals surface area (Å²) in [6, 6.07) is 7.28. The number of anilines is 6. The van der Waals surface area contributed by atoms with Crippen LogP contribution in [0.3, 0.4) is 0 Å². The maximum atomic E-state index is 12.1. The molecule has 2 aromatic heterocycles. The van der Waals surface area contributed by atoms with Gasteiger partial charge in [0.05, 0.1) is 23.0 Å². The Morgan fingerprint density at radius 1 is 0.625 bits per heavy atom. The number of hydrogen-bond donors (Lipinski definition) is 6. The van der Waals surface area contributed by atoms with E-state index in [1.165, 1.54) is 24.3 Å². The predicted octanol–water partition coefficient (Wildman–Crippen LogP) is -4.35. The van der Waals surface area contributed by atoms with Gasteiger partial charge in [-0.2, -0.15) is 29.9 Å². The zero-order valence-electron chi connectivity index (χ0n) is 25.0. The minimum Gasteiger partial charge on any atom is -0.744 e. The van der Waals surface area contributed by atoms with E-state index < -0.39 is 30.0 Å². The van der Waals surface area contributed by atoms with Crippen molar-refractivity contribution in [2.45, 2.75) is 9.79 Å². The molecule has 244 valence electrons. The van der Waals surface area contributed by atoms with E-state index >= 15 is 0 Å². The molecule has 24 heteroatoms. The molecule has 0 saturated carbocycles. The number of halogens is 2. The Hall–Kier alpha value is -2.28. The molecule has 0 radical (unpaired) electrons. The first kappa shape index (κ1) is 41.9. The molecular formula is C24H22Cl2N10Na2O8S2. The first-order valence-electron chi connectivity index (χ1n) is 12.7. The van der Waals surface area contributed by atoms with Crippen molar-refractivity contribution in [3.63, 3.8) is 0 Å². The summed E-state index contributed by atoms with van der Waals surface area (Å²) in [7, 11) is -10.1. The van der Waals surface area contributed by atoms with Crippen molar-refractivity contribution in [2.75, 3.05) is 47.6 Å². The third-order valence-corrected chi connectivity index (χ3v) is 7.65. The first-order valence-corrected chi connectivity index (χ1v) is 16.3. The fraction of sp³-hybridized carbons (Fsp3) is 0.167. The molecule has 4 rings (SSSR count). The molecule has 2 heterocycles. The molecule has 4 aromatic rings. The Morgan fingerprint density at radius 2 is 0.979 bits per heavy atom. The molecule has 6 N–H and O–H groups in total. The average molecular weight is 760 g/mol. The zero-order chi connectivity index (χ0) is 33.5. The largest absolute Gasteiger partial charge is 1.00 e. The molecule has 48 heavy (non-hydrogen) atoms. The Kier molecular flexibility index (Phi) is 16.3. The summed E-state index contributed by atoms with van der Waals surface area (Å²) in [4.78, 5) is 22.1. The van der Waals surface area contributed by atoms with Gasteiger partial charge >= 0.3 is 59.1 Å². The summed E-state index contributed by atoms with van der Waals surface area (Å²) in [6.07, 6.45) is 2.29. The van der Waals surface area contributed by atoms with Crippen molar-refractivity contribution in [1.29, 1.82) is 0 Å². The molecule has 0 fully saturated rings. The van der Waals surface area contributed by atoms with Crippen LogP contribution in [0.4, 0.5) is 35.2 Å². The molecular weight excluding hydrogens is 737 g/mol. The molecule has 0 aliphatic heterocycles. The van der Waals surface area contributed by atoms with Crippen LogP contribution in [0.15, 0.2) is 46.2 Å². The van der Waals surface area contributed by atoms with Crippen molar-refractivity contribution in [3.05, 3.63) is 58.1 Å². The van der Waals surface area contributed by atoms with E-state index in [1.807, 2.05) is 0 Å². The van der Waals surface area contributed by atoms with Gasteiger partial charge in [0.15, 0.2) is 0 Å². The first-order chi connectivity index (χ1) is 21.7. The predicted molar refractivity (Wildman–Crippen MR) is 165 cm³/mol. The van der Waals surface area contributed by atoms with Crippen LogP contribution < -0.4 is 80.4 Å². The SMILES string of the molecule is O=S(=O)([O-])c1cc(Nc2nc(Cl)nc(NCCO)n2)ccc1/C=C/c1ccc(Nc2nc(Cl)nc(NCCO)n2)cc1S(=O)(=O)[O-].[Na+].[Na+]. The summed E-state index contributed by atoms with van der Waals surface area (Å²) < 4.78 is 72.8. The molecule has 0 atom stereocenters. The third-order valence-electron chi connectivity index (χ3n) is 5.53. The van der Waals surface area contributed by atoms with Gasteiger partial charge < -0.3 is 40.6 Å². The van der Waals surface area contributed by atoms with E-state index in [0.717, 1.165) is 24.3 Å². The van der Waals surface area contributed by atoms with Gasteiger partial charge in [-0.1, -0.05) is 24.3 Å². The maximum absolute atomic E-state index is 12.1. The van der Waals surface area contributed by atoms with Gasteiger partial charge in [0.25, 0.3) is 0 Å². The summed E-state index contributed by atoms with van der Waals surface area (Å²) in [5.74, 6) is -0.159. The summed E-state index contributed by atoms with van der Waals surface area (Å²) >= 11 is 11.8. The van der Waals surface area contributed by atoms with Crippen LogP contribution in [0.5, 0.6) is 0 Å². The van der Waals surface area contributed by atoms with Crippen LogP contribution >= 0.6 is 23.2 Å². The van der Waals surface area contributed by atoms with Crippen molar-refractivity contribution >= 4 is 90.8 Å². The second kappa shape index (κ2) is 18.6. The van der Waals surface area contributed by atoms with Crippen LogP contribution in [0.2, 0.25) is 10.6 Å². The topological polar surface area (TPSA) is 280 Å². The molecule has 0 amide bonds. The fourth-order valence-corrected chi connectivity index (χ4v) is 5.39. The van der Waals surface area contributed by atoms with Crippen LogP contribution in [-0.4, -0.2) is 92.4 Å². The minimum absolute atomic E-state index is 0. The van der Waals surface area contributed by atoms with Gasteiger partial charge in [0.1, 0.15) is 20.2 Å². The molecule has 2 aromatic carbocycles. The van der Waals surface area contributed by atoms with Gasteiger partial charge in [0.2, 0.25) is 34.4 Å². The maximum Gasteiger partial charge on any atom is 1.00 e. The molecule has 0 aliphatic rings. The van der Waals surface area contributed by atoms with Gasteiger partial charge in [-0.25, -0.2) is 16.8 Å². The molecule has 18 nitrogen and oxygen atoms in total. The quantitative estimate of drug-likeness (QED) is 0.0402. The zero-order valence-corrected chi connectivity index (χ0v) is 32.2. The second-order valence-electron chi connectivity index (χ2n) is 8.80. The number of benzene rings is 2. The van der Waals surface area contributed by atoms with Crippen molar-refractivity contribution in [2.24, 2.45) is 0 Å². The summed E-state index contributed by atoms with van der Waals surface area (Å²) in [5.41, 5.74) is -0.0980. The Morgan fingerprint density at radius 3 is 1.31 bits per heavy atom. The number of hydrogen-bond acceptors (Lipinski definition) is 18. The van der Waals surface area contributed by atoms with E-state index in [-0.39, 0.29) is 142 Å². The number of aromatic nitrogens is 6. The molecule has 0 bridgehead atoms. The minimum atomic E-state index is -5.07. The molecule has 0 saturated heterocycles. The summed E-state index contributed by atoms with van der Waals surface area (Å²) in [5, 5.41) is 28.3. The van der Waals surface area contributed by atoms with Crippen LogP contribution in [0.1, 0.15) is 11.1 Å². The van der Waals surface area contributed by atoms with E-state index in [4.69, 9.17) is 33.4 Å². The smallest absolute Gasteiger partial charge is 0.744 e. The number of nitrogens with one attached hydrogen (secondary N) is 4. The monoisotopic (exact) mass is 758 g/mol. The summed E-state index contributed by atoms with van der Waals surface area (Å²) in [6.45, 7) is -0.188. The van der Waals surface area contributed by atoms with Gasteiger partial charge in [0, 0.05) is 24.5 Å². The van der Waals surface area contributed by atoms with E-state index in [2.05, 4.69) is 51.2 Å². The third kappa shape index (κ3) is 12.2. The van der Waals surface area contributed by atoms with Gasteiger partial charge in [-0.3, -0.25) is 0 Å². The average Bonchev–Trinajstić information content (AvgIpc) is 2.97. The van der Waals surface area contributed by atoms with E-state index in [9.17, 15) is 25.9 Å². The van der Waals surface area contributed by atoms with Crippen molar-refractivity contribution in [1.82, 2.24) is 29.9 Å². The van der Waals surface area contributed by atoms with Crippen LogP contribution in [0, 0.1) is 0 Å². The van der Waals surface area contributed by atoms with Gasteiger partial charge in [-0.05, 0) is 58.6 Å². The molecule has 0 unspecified atom stereocenters. The van der Waals surface area contributed by atoms with E-state index in [0.29, 0.717) is 0 Å². The standard InChI is InChI=1S/C24H24Cl2N10O8S2.2Na/c25-19-31-21(27-7-9-37)35-23(33-19)29-15-5-3-13(17(11-15)45(39,40)41)1-2-14-4-6-16(12-18(14)46(42,43)44)30-24-34-20(26)32-22(36-24)28-8-10-38;;/h1-6,11-12,37-38H,7-10H2,(H,39,40,41)(H,42,43,44)(H2,27,29,31,33,35)(H2,28,30,32,34,36);;/q;2*+1/p-2/b2-1+;;. The fourth-order valence-electron chi connectivity index (χ4n) is 3.68. The number of nitrogens with zero attached hydrogens (tertiary/aromatic N) is 6. The Labute approximate surface area is 328 Å². The van der Waals surface area contributed by atoms with Crippen LogP contribution in [0.25, 0.3) is 12.2 Å². The van der Waals surface area contributed by atoms with Crippen molar-refractivity contribution < 1.29 is 95.3 Å². The normalized spacial score (nSPS) is 11.4. The Bertz CT molecular complexity index is 1860. The molecule has 0 spiro atoms.